The van der Waals surface area contributed by atoms with E-state index in [0.29, 0.717) is 0 Å². The molecule has 0 bridgehead atoms. The van der Waals surface area contributed by atoms with E-state index in [4.69, 9.17) is 0 Å². The summed E-state index contributed by atoms with van der Waals surface area (Å²) in [6, 6.07) is 15.4. The first kappa shape index (κ1) is 14.4. The summed E-state index contributed by atoms with van der Waals surface area (Å²) < 4.78 is 40.8. The van der Waals surface area contributed by atoms with Crippen LogP contribution in [0.4, 0.5) is 13.2 Å². The summed E-state index contributed by atoms with van der Waals surface area (Å²) in [7, 11) is 0. The van der Waals surface area contributed by atoms with Crippen molar-refractivity contribution in [2.24, 2.45) is 0 Å². The number of benzene rings is 3. The zero-order valence-electron chi connectivity index (χ0n) is 11.9. The highest BCUT2D eigenvalue weighted by Gasteiger charge is 2.10. The Kier molecular flexibility index (Phi) is 3.72. The van der Waals surface area contributed by atoms with E-state index in [9.17, 15) is 13.2 Å². The molecule has 0 aliphatic rings. The summed E-state index contributed by atoms with van der Waals surface area (Å²) in [4.78, 5) is 0. The van der Waals surface area contributed by atoms with Crippen molar-refractivity contribution in [1.82, 2.24) is 0 Å². The quantitative estimate of drug-likeness (QED) is 0.565. The van der Waals surface area contributed by atoms with Gasteiger partial charge in [-0.25, -0.2) is 13.2 Å². The molecule has 0 amide bonds. The van der Waals surface area contributed by atoms with Gasteiger partial charge in [-0.3, -0.25) is 0 Å². The van der Waals surface area contributed by atoms with Gasteiger partial charge in [0.2, 0.25) is 0 Å². The summed E-state index contributed by atoms with van der Waals surface area (Å²) in [6.07, 6.45) is 0. The first-order chi connectivity index (χ1) is 10.5. The second-order valence-electron chi connectivity index (χ2n) is 5.22. The van der Waals surface area contributed by atoms with Crippen LogP contribution < -0.4 is 0 Å². The van der Waals surface area contributed by atoms with Crippen molar-refractivity contribution >= 4 is 0 Å². The lowest BCUT2D eigenvalue weighted by molar-refractivity contribution is 0.583. The van der Waals surface area contributed by atoms with Crippen molar-refractivity contribution in [2.45, 2.75) is 6.92 Å². The average molecular weight is 298 g/mol. The molecule has 0 N–H and O–H groups in total. The van der Waals surface area contributed by atoms with Crippen molar-refractivity contribution in [2.75, 3.05) is 0 Å². The molecule has 0 unspecified atom stereocenters. The van der Waals surface area contributed by atoms with Crippen LogP contribution in [0.1, 0.15) is 5.56 Å². The van der Waals surface area contributed by atoms with Crippen LogP contribution in [0.2, 0.25) is 0 Å². The Morgan fingerprint density at radius 2 is 1.18 bits per heavy atom. The molecule has 0 aliphatic carbocycles. The minimum absolute atomic E-state index is 0.175. The molecule has 3 aromatic carbocycles. The SMILES string of the molecule is Cc1ccc(-c2ccc(-c3cc(F)cc(F)c3)c(F)c2)cc1. The first-order valence-corrected chi connectivity index (χ1v) is 6.86. The zero-order valence-corrected chi connectivity index (χ0v) is 11.9. The van der Waals surface area contributed by atoms with Gasteiger partial charge < -0.3 is 0 Å². The van der Waals surface area contributed by atoms with E-state index >= 15 is 0 Å². The van der Waals surface area contributed by atoms with Crippen LogP contribution in [-0.4, -0.2) is 0 Å². The molecule has 0 aromatic heterocycles. The topological polar surface area (TPSA) is 0 Å². The Morgan fingerprint density at radius 3 is 1.77 bits per heavy atom. The summed E-state index contributed by atoms with van der Waals surface area (Å²) in [5.74, 6) is -1.96. The van der Waals surface area contributed by atoms with E-state index in [2.05, 4.69) is 0 Å². The van der Waals surface area contributed by atoms with Crippen LogP contribution in [0.3, 0.4) is 0 Å². The van der Waals surface area contributed by atoms with Crippen LogP contribution >= 0.6 is 0 Å². The highest BCUT2D eigenvalue weighted by molar-refractivity contribution is 5.71. The standard InChI is InChI=1S/C19H13F3/c1-12-2-4-13(5-3-12)14-6-7-18(19(22)10-14)15-8-16(20)11-17(21)9-15/h2-11H,1H3. The number of hydrogen-bond acceptors (Lipinski definition) is 0. The van der Waals surface area contributed by atoms with Crippen molar-refractivity contribution in [3.05, 3.63) is 83.7 Å². The zero-order chi connectivity index (χ0) is 15.7. The molecule has 0 heterocycles. The fourth-order valence-corrected chi connectivity index (χ4v) is 2.38. The molecule has 0 aliphatic heterocycles. The molecule has 0 radical (unpaired) electrons. The molecule has 3 rings (SSSR count). The van der Waals surface area contributed by atoms with E-state index in [1.165, 1.54) is 6.07 Å². The van der Waals surface area contributed by atoms with Gasteiger partial charge in [-0.1, -0.05) is 42.0 Å². The summed E-state index contributed by atoms with van der Waals surface area (Å²) in [5, 5.41) is 0. The Labute approximate surface area is 126 Å². The van der Waals surface area contributed by atoms with Crippen LogP contribution in [0.5, 0.6) is 0 Å². The third kappa shape index (κ3) is 2.89. The Morgan fingerprint density at radius 1 is 0.591 bits per heavy atom. The van der Waals surface area contributed by atoms with Gasteiger partial charge in [-0.05, 0) is 41.8 Å². The first-order valence-electron chi connectivity index (χ1n) is 6.86. The normalized spacial score (nSPS) is 10.7. The summed E-state index contributed by atoms with van der Waals surface area (Å²) in [6.45, 7) is 1.98. The van der Waals surface area contributed by atoms with E-state index < -0.39 is 17.5 Å². The summed E-state index contributed by atoms with van der Waals surface area (Å²) >= 11 is 0. The average Bonchev–Trinajstić information content (AvgIpc) is 2.46. The van der Waals surface area contributed by atoms with Crippen molar-refractivity contribution < 1.29 is 13.2 Å². The number of halogens is 3. The van der Waals surface area contributed by atoms with Crippen molar-refractivity contribution in [3.63, 3.8) is 0 Å². The van der Waals surface area contributed by atoms with E-state index in [1.807, 2.05) is 31.2 Å². The van der Waals surface area contributed by atoms with E-state index in [1.54, 1.807) is 12.1 Å². The van der Waals surface area contributed by atoms with Gasteiger partial charge in [0.05, 0.1) is 0 Å². The summed E-state index contributed by atoms with van der Waals surface area (Å²) in [5.41, 5.74) is 3.09. The van der Waals surface area contributed by atoms with Gasteiger partial charge in [0.15, 0.2) is 0 Å². The van der Waals surface area contributed by atoms with Gasteiger partial charge >= 0.3 is 0 Å². The van der Waals surface area contributed by atoms with Crippen molar-refractivity contribution in [3.8, 4) is 22.3 Å². The fourth-order valence-electron chi connectivity index (χ4n) is 2.38. The molecule has 0 saturated heterocycles. The predicted molar refractivity (Wildman–Crippen MR) is 81.9 cm³/mol. The van der Waals surface area contributed by atoms with E-state index in [-0.39, 0.29) is 11.1 Å². The number of rotatable bonds is 2. The third-order valence-electron chi connectivity index (χ3n) is 3.53. The maximum Gasteiger partial charge on any atom is 0.131 e. The molecule has 110 valence electrons. The minimum atomic E-state index is -0.725. The third-order valence-corrected chi connectivity index (χ3v) is 3.53. The van der Waals surface area contributed by atoms with Gasteiger partial charge in [0.1, 0.15) is 17.5 Å². The minimum Gasteiger partial charge on any atom is -0.207 e. The van der Waals surface area contributed by atoms with Crippen LogP contribution in [0, 0.1) is 24.4 Å². The molecule has 0 nitrogen and oxygen atoms in total. The lowest BCUT2D eigenvalue weighted by Gasteiger charge is -2.08. The smallest absolute Gasteiger partial charge is 0.131 e. The fraction of sp³-hybridized carbons (Fsp3) is 0.0526. The molecular weight excluding hydrogens is 285 g/mol. The van der Waals surface area contributed by atoms with Crippen LogP contribution in [0.15, 0.2) is 60.7 Å². The number of hydrogen-bond donors (Lipinski definition) is 0. The largest absolute Gasteiger partial charge is 0.207 e. The van der Waals surface area contributed by atoms with Gasteiger partial charge in [0.25, 0.3) is 0 Å². The molecule has 3 heteroatoms. The lowest BCUT2D eigenvalue weighted by atomic mass is 9.99. The van der Waals surface area contributed by atoms with Crippen LogP contribution in [0.25, 0.3) is 22.3 Å². The number of aryl methyl sites for hydroxylation is 1. The molecule has 0 atom stereocenters. The van der Waals surface area contributed by atoms with Crippen molar-refractivity contribution in [1.29, 1.82) is 0 Å². The molecule has 0 spiro atoms. The maximum absolute atomic E-state index is 14.3. The second kappa shape index (κ2) is 5.68. The van der Waals surface area contributed by atoms with Gasteiger partial charge in [0, 0.05) is 11.6 Å². The monoisotopic (exact) mass is 298 g/mol. The van der Waals surface area contributed by atoms with Crippen LogP contribution in [-0.2, 0) is 0 Å². The maximum atomic E-state index is 14.3. The highest BCUT2D eigenvalue weighted by Crippen LogP contribution is 2.29. The van der Waals surface area contributed by atoms with Gasteiger partial charge in [-0.2, -0.15) is 0 Å². The second-order valence-corrected chi connectivity index (χ2v) is 5.22. The molecular formula is C19H13F3. The molecule has 0 saturated carbocycles. The predicted octanol–water partition coefficient (Wildman–Crippen LogP) is 5.75. The van der Waals surface area contributed by atoms with E-state index in [0.717, 1.165) is 34.9 Å². The lowest BCUT2D eigenvalue weighted by Crippen LogP contribution is -1.89. The Hall–Kier alpha value is -2.55. The highest BCUT2D eigenvalue weighted by atomic mass is 19.1. The molecule has 22 heavy (non-hydrogen) atoms. The molecule has 0 fully saturated rings. The molecule has 3 aromatic rings. The Bertz CT molecular complexity index is 800. The van der Waals surface area contributed by atoms with Gasteiger partial charge in [-0.15, -0.1) is 0 Å². The Balaban J connectivity index is 2.03.